The van der Waals surface area contributed by atoms with Crippen molar-refractivity contribution >= 4 is 34.7 Å². The van der Waals surface area contributed by atoms with Crippen LogP contribution in [-0.2, 0) is 0 Å². The molecule has 1 aromatic rings. The number of hydrogen-bond acceptors (Lipinski definition) is 4. The molecule has 2 rings (SSSR count). The number of amides is 1. The number of halogens is 1. The summed E-state index contributed by atoms with van der Waals surface area (Å²) in [5.41, 5.74) is 5.08. The van der Waals surface area contributed by atoms with E-state index in [1.54, 1.807) is 11.4 Å². The summed E-state index contributed by atoms with van der Waals surface area (Å²) in [6.07, 6.45) is 5.42. The van der Waals surface area contributed by atoms with E-state index >= 15 is 0 Å². The lowest BCUT2D eigenvalue weighted by molar-refractivity contribution is 0.0919. The zero-order chi connectivity index (χ0) is 14.6. The van der Waals surface area contributed by atoms with Crippen molar-refractivity contribution in [2.45, 2.75) is 44.1 Å². The summed E-state index contributed by atoms with van der Waals surface area (Å²) >= 11 is 7.26. The highest BCUT2D eigenvalue weighted by molar-refractivity contribution is 7.12. The molecule has 0 atom stereocenters. The zero-order valence-corrected chi connectivity index (χ0v) is 12.6. The lowest BCUT2D eigenvalue weighted by atomic mass is 9.88. The summed E-state index contributed by atoms with van der Waals surface area (Å²) in [6.45, 7) is 0. The molecule has 1 aromatic heterocycles. The third kappa shape index (κ3) is 3.07. The van der Waals surface area contributed by atoms with Crippen molar-refractivity contribution < 1.29 is 10.0 Å². The van der Waals surface area contributed by atoms with E-state index < -0.39 is 5.54 Å². The van der Waals surface area contributed by atoms with Gasteiger partial charge in [0.2, 0.25) is 0 Å². The monoisotopic (exact) mass is 315 g/mol. The van der Waals surface area contributed by atoms with Crippen molar-refractivity contribution in [1.82, 2.24) is 5.32 Å². The molecular weight excluding hydrogens is 298 g/mol. The number of nitrogens with zero attached hydrogens (tertiary/aromatic N) is 1. The van der Waals surface area contributed by atoms with Crippen molar-refractivity contribution in [3.8, 4) is 0 Å². The summed E-state index contributed by atoms with van der Waals surface area (Å²) in [5, 5.41) is 17.3. The second-order valence-electron chi connectivity index (χ2n) is 5.03. The Kier molecular flexibility index (Phi) is 4.88. The van der Waals surface area contributed by atoms with Crippen LogP contribution in [0.25, 0.3) is 0 Å². The van der Waals surface area contributed by atoms with Gasteiger partial charge in [-0.2, -0.15) is 0 Å². The van der Waals surface area contributed by atoms with Crippen molar-refractivity contribution in [3.63, 3.8) is 0 Å². The van der Waals surface area contributed by atoms with Gasteiger partial charge in [0.05, 0.1) is 5.02 Å². The van der Waals surface area contributed by atoms with Crippen LogP contribution in [0.2, 0.25) is 5.02 Å². The van der Waals surface area contributed by atoms with Gasteiger partial charge in [-0.3, -0.25) is 4.79 Å². The number of amidine groups is 1. The standard InChI is InChI=1S/C13H18ClN3O2S/c14-9-5-8-20-10(9)11(18)16-13(12(15)17-19)6-3-1-2-4-7-13/h5,8,19H,1-4,6-7H2,(H2,15,17)(H,16,18). The Bertz CT molecular complexity index is 507. The molecule has 1 aliphatic carbocycles. The molecule has 4 N–H and O–H groups in total. The number of rotatable bonds is 3. The number of carbonyl (C=O) groups excluding carboxylic acids is 1. The fraction of sp³-hybridized carbons (Fsp3) is 0.538. The van der Waals surface area contributed by atoms with Gasteiger partial charge < -0.3 is 16.3 Å². The van der Waals surface area contributed by atoms with Gasteiger partial charge in [-0.1, -0.05) is 42.4 Å². The lowest BCUT2D eigenvalue weighted by Gasteiger charge is -2.32. The van der Waals surface area contributed by atoms with Crippen molar-refractivity contribution in [2.75, 3.05) is 0 Å². The molecule has 0 aliphatic heterocycles. The summed E-state index contributed by atoms with van der Waals surface area (Å²) in [6, 6.07) is 1.68. The maximum absolute atomic E-state index is 12.4. The third-order valence-corrected chi connectivity index (χ3v) is 5.07. The Morgan fingerprint density at radius 3 is 2.55 bits per heavy atom. The minimum Gasteiger partial charge on any atom is -0.409 e. The molecule has 1 amide bonds. The normalized spacial score (nSPS) is 19.4. The first-order valence-corrected chi connectivity index (χ1v) is 7.88. The van der Waals surface area contributed by atoms with E-state index in [-0.39, 0.29) is 11.7 Å². The second-order valence-corrected chi connectivity index (χ2v) is 6.36. The van der Waals surface area contributed by atoms with Gasteiger partial charge in [0.1, 0.15) is 10.4 Å². The average molecular weight is 316 g/mol. The Morgan fingerprint density at radius 2 is 2.05 bits per heavy atom. The number of carbonyl (C=O) groups is 1. The topological polar surface area (TPSA) is 87.7 Å². The number of nitrogens with two attached hydrogens (primary N) is 1. The predicted octanol–water partition coefficient (Wildman–Crippen LogP) is 2.97. The fourth-order valence-corrected chi connectivity index (χ4v) is 3.64. The SMILES string of the molecule is N/C(=N/O)C1(NC(=O)c2sccc2Cl)CCCCCC1. The van der Waals surface area contributed by atoms with E-state index in [1.807, 2.05) is 0 Å². The number of hydrogen-bond donors (Lipinski definition) is 3. The van der Waals surface area contributed by atoms with Crippen LogP contribution in [0.1, 0.15) is 48.2 Å². The third-order valence-electron chi connectivity index (χ3n) is 3.73. The summed E-state index contributed by atoms with van der Waals surface area (Å²) in [4.78, 5) is 12.8. The van der Waals surface area contributed by atoms with Crippen molar-refractivity contribution in [3.05, 3.63) is 21.3 Å². The molecule has 20 heavy (non-hydrogen) atoms. The number of nitrogens with one attached hydrogen (secondary N) is 1. The van der Waals surface area contributed by atoms with Crippen LogP contribution in [0.5, 0.6) is 0 Å². The van der Waals surface area contributed by atoms with Gasteiger partial charge in [0, 0.05) is 0 Å². The maximum Gasteiger partial charge on any atom is 0.263 e. The Labute approximate surface area is 126 Å². The summed E-state index contributed by atoms with van der Waals surface area (Å²) in [7, 11) is 0. The van der Waals surface area contributed by atoms with Crippen LogP contribution in [0.15, 0.2) is 16.6 Å². The van der Waals surface area contributed by atoms with Crippen LogP contribution in [0, 0.1) is 0 Å². The highest BCUT2D eigenvalue weighted by atomic mass is 35.5. The molecule has 0 bridgehead atoms. The van der Waals surface area contributed by atoms with Crippen molar-refractivity contribution in [1.29, 1.82) is 0 Å². The van der Waals surface area contributed by atoms with Gasteiger partial charge in [-0.25, -0.2) is 0 Å². The highest BCUT2D eigenvalue weighted by Gasteiger charge is 2.37. The largest absolute Gasteiger partial charge is 0.409 e. The number of thiophene rings is 1. The first-order valence-electron chi connectivity index (χ1n) is 6.62. The van der Waals surface area contributed by atoms with Crippen LogP contribution in [0.4, 0.5) is 0 Å². The quantitative estimate of drug-likeness (QED) is 0.263. The van der Waals surface area contributed by atoms with E-state index in [9.17, 15) is 4.79 Å². The zero-order valence-electron chi connectivity index (χ0n) is 11.1. The molecule has 0 aromatic carbocycles. The van der Waals surface area contributed by atoms with Gasteiger partial charge in [-0.15, -0.1) is 11.3 Å². The van der Waals surface area contributed by atoms with E-state index in [4.69, 9.17) is 22.5 Å². The average Bonchev–Trinajstić information content (AvgIpc) is 2.73. The van der Waals surface area contributed by atoms with Crippen LogP contribution < -0.4 is 11.1 Å². The molecular formula is C13H18ClN3O2S. The first kappa shape index (κ1) is 15.1. The molecule has 1 saturated carbocycles. The molecule has 5 nitrogen and oxygen atoms in total. The smallest absolute Gasteiger partial charge is 0.263 e. The molecule has 1 fully saturated rings. The Hall–Kier alpha value is -1.27. The molecule has 1 heterocycles. The molecule has 1 aliphatic rings. The predicted molar refractivity (Wildman–Crippen MR) is 80.6 cm³/mol. The lowest BCUT2D eigenvalue weighted by Crippen LogP contribution is -2.57. The summed E-state index contributed by atoms with van der Waals surface area (Å²) < 4.78 is 0. The van der Waals surface area contributed by atoms with Gasteiger partial charge >= 0.3 is 0 Å². The minimum absolute atomic E-state index is 0.0698. The van der Waals surface area contributed by atoms with E-state index in [1.165, 1.54) is 11.3 Å². The second kappa shape index (κ2) is 6.45. The van der Waals surface area contributed by atoms with Gasteiger partial charge in [0.15, 0.2) is 5.84 Å². The summed E-state index contributed by atoms with van der Waals surface area (Å²) in [5.74, 6) is -0.195. The minimum atomic E-state index is -0.768. The van der Waals surface area contributed by atoms with E-state index in [2.05, 4.69) is 10.5 Å². The van der Waals surface area contributed by atoms with Crippen LogP contribution in [0.3, 0.4) is 0 Å². The van der Waals surface area contributed by atoms with Crippen LogP contribution in [-0.4, -0.2) is 22.5 Å². The first-order chi connectivity index (χ1) is 9.59. The fourth-order valence-electron chi connectivity index (χ4n) is 2.60. The molecule has 0 radical (unpaired) electrons. The maximum atomic E-state index is 12.4. The molecule has 110 valence electrons. The molecule has 0 spiro atoms. The molecule has 0 unspecified atom stereocenters. The van der Waals surface area contributed by atoms with E-state index in [0.29, 0.717) is 22.7 Å². The molecule has 7 heteroatoms. The Morgan fingerprint density at radius 1 is 1.40 bits per heavy atom. The highest BCUT2D eigenvalue weighted by Crippen LogP contribution is 2.29. The van der Waals surface area contributed by atoms with Gasteiger partial charge in [-0.05, 0) is 24.3 Å². The number of oxime groups is 1. The van der Waals surface area contributed by atoms with Gasteiger partial charge in [0.25, 0.3) is 5.91 Å². The Balaban J connectivity index is 2.24. The van der Waals surface area contributed by atoms with Crippen molar-refractivity contribution in [2.24, 2.45) is 10.9 Å². The molecule has 0 saturated heterocycles. The van der Waals surface area contributed by atoms with E-state index in [0.717, 1.165) is 25.7 Å². The van der Waals surface area contributed by atoms with Crippen LogP contribution >= 0.6 is 22.9 Å².